The highest BCUT2D eigenvalue weighted by atomic mass is 32.1. The molecular formula is C12H12F2N2OS. The van der Waals surface area contributed by atoms with Crippen molar-refractivity contribution in [3.8, 4) is 0 Å². The van der Waals surface area contributed by atoms with Gasteiger partial charge >= 0.3 is 0 Å². The first-order valence-electron chi connectivity index (χ1n) is 5.55. The van der Waals surface area contributed by atoms with Gasteiger partial charge in [-0.2, -0.15) is 0 Å². The van der Waals surface area contributed by atoms with Crippen LogP contribution in [0.5, 0.6) is 0 Å². The number of benzene rings is 1. The van der Waals surface area contributed by atoms with Crippen LogP contribution >= 0.6 is 12.2 Å². The summed E-state index contributed by atoms with van der Waals surface area (Å²) in [6.07, 6.45) is 1.48. The molecule has 1 aromatic carbocycles. The molecule has 0 bridgehead atoms. The molecule has 1 amide bonds. The van der Waals surface area contributed by atoms with Gasteiger partial charge in [-0.1, -0.05) is 12.2 Å². The van der Waals surface area contributed by atoms with Crippen molar-refractivity contribution in [2.45, 2.75) is 18.9 Å². The van der Waals surface area contributed by atoms with Gasteiger partial charge in [0.25, 0.3) is 5.91 Å². The van der Waals surface area contributed by atoms with E-state index < -0.39 is 17.5 Å². The molecule has 1 heterocycles. The van der Waals surface area contributed by atoms with E-state index >= 15 is 0 Å². The number of carbonyl (C=O) groups excluding carboxylic acids is 1. The number of nitrogens with two attached hydrogens (primary N) is 1. The number of likely N-dealkylation sites (tertiary alicyclic amines) is 1. The first-order valence-corrected chi connectivity index (χ1v) is 5.96. The van der Waals surface area contributed by atoms with Gasteiger partial charge in [0.2, 0.25) is 0 Å². The Kier molecular flexibility index (Phi) is 3.56. The van der Waals surface area contributed by atoms with Crippen LogP contribution in [-0.4, -0.2) is 28.4 Å². The van der Waals surface area contributed by atoms with Crippen LogP contribution in [0.4, 0.5) is 8.78 Å². The standard InChI is InChI=1S/C12H12F2N2OS/c13-8-4-7(5-9(14)6-8)12(17)16-3-1-2-10(16)11(15)18/h4-6,10H,1-3H2,(H2,15,18). The third-order valence-electron chi connectivity index (χ3n) is 2.95. The molecule has 2 N–H and O–H groups in total. The Labute approximate surface area is 109 Å². The van der Waals surface area contributed by atoms with Gasteiger partial charge in [-0.05, 0) is 25.0 Å². The number of halogens is 2. The monoisotopic (exact) mass is 270 g/mol. The van der Waals surface area contributed by atoms with E-state index in [4.69, 9.17) is 18.0 Å². The first kappa shape index (κ1) is 12.9. The van der Waals surface area contributed by atoms with E-state index in [2.05, 4.69) is 0 Å². The molecule has 0 aromatic heterocycles. The van der Waals surface area contributed by atoms with Crippen LogP contribution in [-0.2, 0) is 0 Å². The second-order valence-corrected chi connectivity index (χ2v) is 4.69. The van der Waals surface area contributed by atoms with Crippen molar-refractivity contribution in [2.24, 2.45) is 5.73 Å². The normalized spacial score (nSPS) is 19.0. The lowest BCUT2D eigenvalue weighted by Gasteiger charge is -2.23. The predicted molar refractivity (Wildman–Crippen MR) is 67.2 cm³/mol. The molecule has 6 heteroatoms. The topological polar surface area (TPSA) is 46.3 Å². The zero-order valence-corrected chi connectivity index (χ0v) is 10.3. The Bertz CT molecular complexity index is 487. The van der Waals surface area contributed by atoms with Crippen molar-refractivity contribution in [3.63, 3.8) is 0 Å². The van der Waals surface area contributed by atoms with Crippen LogP contribution in [0.1, 0.15) is 23.2 Å². The third-order valence-corrected chi connectivity index (χ3v) is 3.22. The van der Waals surface area contributed by atoms with Crippen molar-refractivity contribution in [1.29, 1.82) is 0 Å². The van der Waals surface area contributed by atoms with Crippen LogP contribution in [0, 0.1) is 11.6 Å². The van der Waals surface area contributed by atoms with E-state index in [1.807, 2.05) is 0 Å². The molecule has 0 radical (unpaired) electrons. The van der Waals surface area contributed by atoms with Gasteiger partial charge in [0.1, 0.15) is 11.6 Å². The molecule has 96 valence electrons. The van der Waals surface area contributed by atoms with Crippen molar-refractivity contribution in [2.75, 3.05) is 6.54 Å². The highest BCUT2D eigenvalue weighted by Gasteiger charge is 2.31. The van der Waals surface area contributed by atoms with E-state index in [0.717, 1.165) is 24.6 Å². The van der Waals surface area contributed by atoms with Crippen LogP contribution in [0.25, 0.3) is 0 Å². The molecule has 1 atom stereocenters. The molecule has 1 aliphatic heterocycles. The number of thiocarbonyl (C=S) groups is 1. The summed E-state index contributed by atoms with van der Waals surface area (Å²) >= 11 is 4.89. The van der Waals surface area contributed by atoms with Crippen LogP contribution in [0.15, 0.2) is 18.2 Å². The maximum absolute atomic E-state index is 13.1. The van der Waals surface area contributed by atoms with E-state index in [9.17, 15) is 13.6 Å². The molecule has 18 heavy (non-hydrogen) atoms. The molecule has 3 nitrogen and oxygen atoms in total. The fourth-order valence-corrected chi connectivity index (χ4v) is 2.39. The quantitative estimate of drug-likeness (QED) is 0.834. The SMILES string of the molecule is NC(=S)C1CCCN1C(=O)c1cc(F)cc(F)c1. The van der Waals surface area contributed by atoms with Crippen molar-refractivity contribution >= 4 is 23.1 Å². The molecule has 2 rings (SSSR count). The molecule has 0 aliphatic carbocycles. The Balaban J connectivity index is 2.28. The highest BCUT2D eigenvalue weighted by Crippen LogP contribution is 2.21. The minimum atomic E-state index is -0.774. The zero-order valence-electron chi connectivity index (χ0n) is 9.53. The molecule has 1 aliphatic rings. The second kappa shape index (κ2) is 4.97. The Morgan fingerprint density at radius 2 is 1.94 bits per heavy atom. The van der Waals surface area contributed by atoms with Crippen LogP contribution in [0.2, 0.25) is 0 Å². The summed E-state index contributed by atoms with van der Waals surface area (Å²) in [5, 5.41) is 0. The molecule has 0 saturated carbocycles. The fraction of sp³-hybridized carbons (Fsp3) is 0.333. The van der Waals surface area contributed by atoms with Crippen molar-refractivity contribution in [1.82, 2.24) is 4.90 Å². The van der Waals surface area contributed by atoms with Gasteiger partial charge in [-0.25, -0.2) is 8.78 Å². The van der Waals surface area contributed by atoms with E-state index in [0.29, 0.717) is 13.0 Å². The van der Waals surface area contributed by atoms with Gasteiger partial charge < -0.3 is 10.6 Å². The maximum Gasteiger partial charge on any atom is 0.254 e. The molecule has 0 spiro atoms. The van der Waals surface area contributed by atoms with Crippen molar-refractivity contribution < 1.29 is 13.6 Å². The van der Waals surface area contributed by atoms with Gasteiger partial charge in [0.15, 0.2) is 0 Å². The number of nitrogens with zero attached hydrogens (tertiary/aromatic N) is 1. The summed E-state index contributed by atoms with van der Waals surface area (Å²) in [6.45, 7) is 0.499. The van der Waals surface area contributed by atoms with E-state index in [1.54, 1.807) is 0 Å². The summed E-state index contributed by atoms with van der Waals surface area (Å²) in [4.78, 5) is 13.8. The molecular weight excluding hydrogens is 258 g/mol. The molecule has 1 unspecified atom stereocenters. The fourth-order valence-electron chi connectivity index (χ4n) is 2.15. The minimum absolute atomic E-state index is 0.0179. The highest BCUT2D eigenvalue weighted by molar-refractivity contribution is 7.80. The van der Waals surface area contributed by atoms with E-state index in [1.165, 1.54) is 4.90 Å². The van der Waals surface area contributed by atoms with Gasteiger partial charge in [-0.15, -0.1) is 0 Å². The minimum Gasteiger partial charge on any atom is -0.392 e. The maximum atomic E-state index is 13.1. The summed E-state index contributed by atoms with van der Waals surface area (Å²) in [5.41, 5.74) is 5.54. The zero-order chi connectivity index (χ0) is 13.3. The molecule has 1 aromatic rings. The summed E-state index contributed by atoms with van der Waals surface area (Å²) in [7, 11) is 0. The summed E-state index contributed by atoms with van der Waals surface area (Å²) in [5.74, 6) is -1.99. The number of rotatable bonds is 2. The van der Waals surface area contributed by atoms with E-state index in [-0.39, 0.29) is 16.6 Å². The number of amides is 1. The average Bonchev–Trinajstić information content (AvgIpc) is 2.75. The second-order valence-electron chi connectivity index (χ2n) is 4.22. The van der Waals surface area contributed by atoms with Gasteiger partial charge in [0, 0.05) is 18.2 Å². The lowest BCUT2D eigenvalue weighted by molar-refractivity contribution is 0.0769. The Morgan fingerprint density at radius 3 is 2.50 bits per heavy atom. The summed E-state index contributed by atoms with van der Waals surface area (Å²) < 4.78 is 26.1. The smallest absolute Gasteiger partial charge is 0.254 e. The number of hydrogen-bond acceptors (Lipinski definition) is 2. The molecule has 1 saturated heterocycles. The third kappa shape index (κ3) is 2.48. The lowest BCUT2D eigenvalue weighted by atomic mass is 10.1. The largest absolute Gasteiger partial charge is 0.392 e. The van der Waals surface area contributed by atoms with Crippen molar-refractivity contribution in [3.05, 3.63) is 35.4 Å². The Hall–Kier alpha value is -1.56. The number of hydrogen-bond donors (Lipinski definition) is 1. The lowest BCUT2D eigenvalue weighted by Crippen LogP contribution is -2.42. The van der Waals surface area contributed by atoms with Gasteiger partial charge in [-0.3, -0.25) is 4.79 Å². The number of carbonyl (C=O) groups is 1. The Morgan fingerprint density at radius 1 is 1.33 bits per heavy atom. The average molecular weight is 270 g/mol. The predicted octanol–water partition coefficient (Wildman–Crippen LogP) is 1.86. The van der Waals surface area contributed by atoms with Crippen LogP contribution in [0.3, 0.4) is 0 Å². The first-order chi connectivity index (χ1) is 8.49. The van der Waals surface area contributed by atoms with Crippen LogP contribution < -0.4 is 5.73 Å². The molecule has 1 fully saturated rings. The summed E-state index contributed by atoms with van der Waals surface area (Å²) in [6, 6.07) is 2.44. The van der Waals surface area contributed by atoms with Gasteiger partial charge in [0.05, 0.1) is 11.0 Å².